The smallest absolute Gasteiger partial charge is 0.344 e. The lowest BCUT2D eigenvalue weighted by molar-refractivity contribution is 0.0465. The minimum atomic E-state index is -0.434. The van der Waals surface area contributed by atoms with Crippen molar-refractivity contribution < 1.29 is 14.1 Å². The van der Waals surface area contributed by atoms with Crippen LogP contribution in [0, 0.1) is 13.8 Å². The fourth-order valence-electron chi connectivity index (χ4n) is 2.32. The van der Waals surface area contributed by atoms with Gasteiger partial charge < -0.3 is 14.6 Å². The number of hydrogen-bond acceptors (Lipinski definition) is 7. The third-order valence-electron chi connectivity index (χ3n) is 3.68. The summed E-state index contributed by atoms with van der Waals surface area (Å²) in [7, 11) is 0. The Labute approximate surface area is 149 Å². The number of aryl methyl sites for hydroxylation is 3. The molecule has 0 saturated carbocycles. The molecule has 0 fully saturated rings. The van der Waals surface area contributed by atoms with Crippen molar-refractivity contribution in [2.45, 2.75) is 33.8 Å². The molecule has 1 aromatic carbocycles. The monoisotopic (exact) mass is 357 g/mol. The Hall–Kier alpha value is -2.67. The van der Waals surface area contributed by atoms with Crippen LogP contribution in [0.25, 0.3) is 0 Å². The van der Waals surface area contributed by atoms with E-state index < -0.39 is 5.97 Å². The van der Waals surface area contributed by atoms with Gasteiger partial charge in [0.05, 0.1) is 11.4 Å². The molecule has 1 N–H and O–H groups in total. The molecule has 6 nitrogen and oxygen atoms in total. The van der Waals surface area contributed by atoms with Crippen LogP contribution in [0.4, 0.5) is 10.8 Å². The average Bonchev–Trinajstić information content (AvgIpc) is 3.21. The van der Waals surface area contributed by atoms with Gasteiger partial charge in [-0.1, -0.05) is 29.8 Å². The van der Waals surface area contributed by atoms with Gasteiger partial charge in [-0.3, -0.25) is 0 Å². The summed E-state index contributed by atoms with van der Waals surface area (Å²) < 4.78 is 10.4. The number of carbonyl (C=O) groups is 1. The van der Waals surface area contributed by atoms with Gasteiger partial charge in [-0.25, -0.2) is 9.78 Å². The van der Waals surface area contributed by atoms with E-state index in [1.807, 2.05) is 43.5 Å². The van der Waals surface area contributed by atoms with E-state index in [0.717, 1.165) is 10.8 Å². The Morgan fingerprint density at radius 1 is 1.28 bits per heavy atom. The summed E-state index contributed by atoms with van der Waals surface area (Å²) in [5.74, 6) is 0.0403. The third kappa shape index (κ3) is 4.06. The molecule has 0 spiro atoms. The summed E-state index contributed by atoms with van der Waals surface area (Å²) in [6.07, 6.45) is 0.614. The molecule has 25 heavy (non-hydrogen) atoms. The highest BCUT2D eigenvalue weighted by Crippen LogP contribution is 2.22. The van der Waals surface area contributed by atoms with Crippen LogP contribution in [0.3, 0.4) is 0 Å². The van der Waals surface area contributed by atoms with Crippen LogP contribution < -0.4 is 5.32 Å². The van der Waals surface area contributed by atoms with E-state index in [1.54, 1.807) is 6.92 Å². The van der Waals surface area contributed by atoms with Gasteiger partial charge in [-0.2, -0.15) is 0 Å². The Morgan fingerprint density at radius 2 is 2.04 bits per heavy atom. The number of nitrogens with zero attached hydrogens (tertiary/aromatic N) is 2. The van der Waals surface area contributed by atoms with Gasteiger partial charge >= 0.3 is 5.97 Å². The maximum Gasteiger partial charge on any atom is 0.344 e. The first-order chi connectivity index (χ1) is 12.1. The van der Waals surface area contributed by atoms with Gasteiger partial charge in [0.1, 0.15) is 17.9 Å². The van der Waals surface area contributed by atoms with Crippen molar-refractivity contribution in [3.05, 3.63) is 57.9 Å². The first-order valence-corrected chi connectivity index (χ1v) is 8.85. The second kappa shape index (κ2) is 7.48. The lowest BCUT2D eigenvalue weighted by Crippen LogP contribution is -2.08. The fraction of sp³-hybridized carbons (Fsp3) is 0.278. The van der Waals surface area contributed by atoms with Crippen LogP contribution in [0.2, 0.25) is 0 Å². The first-order valence-electron chi connectivity index (χ1n) is 7.97. The predicted molar refractivity (Wildman–Crippen MR) is 96.3 cm³/mol. The lowest BCUT2D eigenvalue weighted by atomic mass is 10.1. The zero-order valence-corrected chi connectivity index (χ0v) is 15.1. The molecular weight excluding hydrogens is 338 g/mol. The molecule has 0 amide bonds. The van der Waals surface area contributed by atoms with Crippen LogP contribution in [0.1, 0.15) is 40.0 Å². The van der Waals surface area contributed by atoms with Gasteiger partial charge in [-0.05, 0) is 32.4 Å². The number of aromatic nitrogens is 2. The van der Waals surface area contributed by atoms with Crippen LogP contribution >= 0.6 is 11.3 Å². The van der Waals surface area contributed by atoms with Crippen molar-refractivity contribution in [3.63, 3.8) is 0 Å². The molecule has 0 unspecified atom stereocenters. The third-order valence-corrected chi connectivity index (χ3v) is 4.48. The molecule has 2 heterocycles. The van der Waals surface area contributed by atoms with E-state index in [-0.39, 0.29) is 6.61 Å². The van der Waals surface area contributed by atoms with Crippen molar-refractivity contribution in [3.8, 4) is 0 Å². The van der Waals surface area contributed by atoms with Crippen molar-refractivity contribution >= 4 is 28.1 Å². The molecule has 3 aromatic rings. The Balaban J connectivity index is 1.61. The van der Waals surface area contributed by atoms with Crippen LogP contribution in [-0.4, -0.2) is 16.1 Å². The number of rotatable bonds is 6. The number of hydrogen-bond donors (Lipinski definition) is 1. The van der Waals surface area contributed by atoms with E-state index in [0.29, 0.717) is 29.1 Å². The number of ether oxygens (including phenoxy) is 1. The largest absolute Gasteiger partial charge is 0.455 e. The Morgan fingerprint density at radius 3 is 2.76 bits per heavy atom. The number of thiazole rings is 1. The summed E-state index contributed by atoms with van der Waals surface area (Å²) in [6.45, 7) is 5.77. The van der Waals surface area contributed by atoms with E-state index in [4.69, 9.17) is 9.26 Å². The molecule has 0 aliphatic rings. The minimum Gasteiger partial charge on any atom is -0.455 e. The highest BCUT2D eigenvalue weighted by atomic mass is 32.1. The van der Waals surface area contributed by atoms with Crippen LogP contribution in [0.5, 0.6) is 0 Å². The summed E-state index contributed by atoms with van der Waals surface area (Å²) in [4.78, 5) is 16.7. The number of benzene rings is 1. The van der Waals surface area contributed by atoms with E-state index >= 15 is 0 Å². The quantitative estimate of drug-likeness (QED) is 0.658. The van der Waals surface area contributed by atoms with E-state index in [2.05, 4.69) is 15.5 Å². The molecule has 130 valence electrons. The van der Waals surface area contributed by atoms with E-state index in [9.17, 15) is 4.79 Å². The molecule has 0 bridgehead atoms. The van der Waals surface area contributed by atoms with Crippen molar-refractivity contribution in [1.29, 1.82) is 0 Å². The first kappa shape index (κ1) is 17.2. The standard InChI is InChI=1S/C18H19N3O3S/c1-4-15-16(12(3)24-21-15)17(22)23-9-14-10-25-18(20-14)19-13-7-5-11(2)6-8-13/h5-8,10H,4,9H2,1-3H3,(H,19,20). The number of anilines is 2. The van der Waals surface area contributed by atoms with Crippen LogP contribution in [0.15, 0.2) is 34.2 Å². The molecule has 0 aliphatic carbocycles. The van der Waals surface area contributed by atoms with Crippen molar-refractivity contribution in [2.24, 2.45) is 0 Å². The second-order valence-electron chi connectivity index (χ2n) is 5.63. The molecule has 0 saturated heterocycles. The normalized spacial score (nSPS) is 10.7. The summed E-state index contributed by atoms with van der Waals surface area (Å²) in [5, 5.41) is 9.72. The molecule has 7 heteroatoms. The molecule has 0 aliphatic heterocycles. The van der Waals surface area contributed by atoms with Gasteiger partial charge in [0, 0.05) is 11.1 Å². The zero-order valence-electron chi connectivity index (χ0n) is 14.3. The van der Waals surface area contributed by atoms with Crippen molar-refractivity contribution in [1.82, 2.24) is 10.1 Å². The van der Waals surface area contributed by atoms with Crippen molar-refractivity contribution in [2.75, 3.05) is 5.32 Å². The molecular formula is C18H19N3O3S. The summed E-state index contributed by atoms with van der Waals surface area (Å²) in [5.41, 5.74) is 3.89. The maximum atomic E-state index is 12.2. The Bertz CT molecular complexity index is 868. The highest BCUT2D eigenvalue weighted by molar-refractivity contribution is 7.13. The topological polar surface area (TPSA) is 77.2 Å². The zero-order chi connectivity index (χ0) is 17.8. The van der Waals surface area contributed by atoms with Crippen LogP contribution in [-0.2, 0) is 17.8 Å². The second-order valence-corrected chi connectivity index (χ2v) is 6.48. The summed E-state index contributed by atoms with van der Waals surface area (Å²) >= 11 is 1.46. The maximum absolute atomic E-state index is 12.2. The van der Waals surface area contributed by atoms with Gasteiger partial charge in [0.2, 0.25) is 0 Å². The number of nitrogens with one attached hydrogen (secondary N) is 1. The predicted octanol–water partition coefficient (Wildman–Crippen LogP) is 4.41. The molecule has 0 atom stereocenters. The SMILES string of the molecule is CCc1noc(C)c1C(=O)OCc1csc(Nc2ccc(C)cc2)n1. The molecule has 2 aromatic heterocycles. The molecule has 3 rings (SSSR count). The van der Waals surface area contributed by atoms with Gasteiger partial charge in [0.25, 0.3) is 0 Å². The van der Waals surface area contributed by atoms with Gasteiger partial charge in [-0.15, -0.1) is 11.3 Å². The average molecular weight is 357 g/mol. The fourth-order valence-corrected chi connectivity index (χ4v) is 3.04. The van der Waals surface area contributed by atoms with Gasteiger partial charge in [0.15, 0.2) is 5.13 Å². The minimum absolute atomic E-state index is 0.110. The molecule has 0 radical (unpaired) electrons. The van der Waals surface area contributed by atoms with E-state index in [1.165, 1.54) is 16.9 Å². The number of esters is 1. The number of carbonyl (C=O) groups excluding carboxylic acids is 1. The Kier molecular flexibility index (Phi) is 5.14. The summed E-state index contributed by atoms with van der Waals surface area (Å²) in [6, 6.07) is 8.06. The lowest BCUT2D eigenvalue weighted by Gasteiger charge is -2.03. The highest BCUT2D eigenvalue weighted by Gasteiger charge is 2.20.